The zero-order chi connectivity index (χ0) is 34.8. The van der Waals surface area contributed by atoms with Gasteiger partial charge in [0, 0.05) is 0 Å². The lowest BCUT2D eigenvalue weighted by Crippen LogP contribution is -2.34. The molecule has 6 aromatic rings. The van der Waals surface area contributed by atoms with E-state index in [9.17, 15) is 0 Å². The van der Waals surface area contributed by atoms with E-state index in [1.165, 1.54) is 67.3 Å². The van der Waals surface area contributed by atoms with E-state index in [1.54, 1.807) is 0 Å². The van der Waals surface area contributed by atoms with Crippen molar-refractivity contribution in [2.75, 3.05) is 19.6 Å². The van der Waals surface area contributed by atoms with Crippen molar-refractivity contribution in [3.63, 3.8) is 0 Å². The summed E-state index contributed by atoms with van der Waals surface area (Å²) in [5.41, 5.74) is 19.3. The van der Waals surface area contributed by atoms with Crippen molar-refractivity contribution in [3.8, 4) is 0 Å². The minimum atomic E-state index is 1.09. The van der Waals surface area contributed by atoms with Gasteiger partial charge in [-0.05, 0) is 148 Å². The molecule has 0 aromatic heterocycles. The van der Waals surface area contributed by atoms with Gasteiger partial charge in [-0.1, -0.05) is 72.8 Å². The van der Waals surface area contributed by atoms with E-state index in [0.29, 0.717) is 0 Å². The van der Waals surface area contributed by atoms with E-state index in [-0.39, 0.29) is 0 Å². The van der Waals surface area contributed by atoms with E-state index in [2.05, 4.69) is 196 Å². The quantitative estimate of drug-likeness (QED) is 0.188. The van der Waals surface area contributed by atoms with Crippen LogP contribution in [0.4, 0.5) is 45.5 Å². The fourth-order valence-corrected chi connectivity index (χ4v) is 7.58. The van der Waals surface area contributed by atoms with Crippen LogP contribution in [0.5, 0.6) is 0 Å². The van der Waals surface area contributed by atoms with Crippen LogP contribution < -0.4 is 19.6 Å². The van der Waals surface area contributed by atoms with Crippen molar-refractivity contribution >= 4 is 45.5 Å². The maximum atomic E-state index is 2.51. The normalized spacial score (nSPS) is 13.8. The number of para-hydroxylation sites is 4. The Balaban J connectivity index is 1.61. The lowest BCUT2D eigenvalue weighted by molar-refractivity contribution is 0.997. The third-order valence-corrected chi connectivity index (χ3v) is 10.6. The number of fused-ring (bicyclic) bond motifs is 2. The number of hydrogen-bond donors (Lipinski definition) is 0. The number of nitrogens with zero attached hydrogens (tertiary/aromatic N) is 4. The number of benzene rings is 6. The molecule has 4 nitrogen and oxygen atoms in total. The molecule has 4 heteroatoms. The second-order valence-corrected chi connectivity index (χ2v) is 14.0. The molecule has 0 N–H and O–H groups in total. The lowest BCUT2D eigenvalue weighted by Gasteiger charge is -2.35. The van der Waals surface area contributed by atoms with Crippen LogP contribution in [0.1, 0.15) is 44.5 Å². The van der Waals surface area contributed by atoms with Crippen molar-refractivity contribution in [1.29, 1.82) is 0 Å². The van der Waals surface area contributed by atoms with Gasteiger partial charge in [-0.2, -0.15) is 0 Å². The van der Waals surface area contributed by atoms with E-state index in [4.69, 9.17) is 0 Å². The Morgan fingerprint density at radius 3 is 0.640 bits per heavy atom. The van der Waals surface area contributed by atoms with E-state index in [0.717, 1.165) is 34.4 Å². The van der Waals surface area contributed by atoms with Crippen molar-refractivity contribution < 1.29 is 0 Å². The van der Waals surface area contributed by atoms with Crippen LogP contribution >= 0.6 is 0 Å². The van der Waals surface area contributed by atoms with Crippen LogP contribution in [0, 0.1) is 55.4 Å². The highest BCUT2D eigenvalue weighted by molar-refractivity contribution is 6.01. The van der Waals surface area contributed by atoms with Crippen LogP contribution in [0.15, 0.2) is 133 Å². The van der Waals surface area contributed by atoms with Gasteiger partial charge in [-0.3, -0.25) is 19.6 Å². The average Bonchev–Trinajstić information content (AvgIpc) is 3.57. The predicted molar refractivity (Wildman–Crippen MR) is 212 cm³/mol. The smallest absolute Gasteiger partial charge is 0.166 e. The highest BCUT2D eigenvalue weighted by Crippen LogP contribution is 2.58. The number of anilines is 8. The standard InChI is InChI=1S/C46H44N4/c1-29-17-9-13-21-37(29)47-41-25-33(5)34(6)26-42(41)48(38-22-14-10-18-30(38)2)45(47)46-49(39-23-15-11-19-31(39)3)43-27-35(7)36(8)28-44(43)50(46)40-24-16-12-20-32(40)4/h9-28H,1-8H3. The molecule has 2 aliphatic rings. The topological polar surface area (TPSA) is 13.0 Å². The third kappa shape index (κ3) is 4.81. The third-order valence-electron chi connectivity index (χ3n) is 10.6. The van der Waals surface area contributed by atoms with E-state index < -0.39 is 0 Å². The highest BCUT2D eigenvalue weighted by atomic mass is 15.5. The summed E-state index contributed by atoms with van der Waals surface area (Å²) in [6, 6.07) is 44.7. The maximum absolute atomic E-state index is 2.51. The van der Waals surface area contributed by atoms with Crippen molar-refractivity contribution in [2.24, 2.45) is 0 Å². The molecule has 2 heterocycles. The zero-order valence-electron chi connectivity index (χ0n) is 30.3. The highest BCUT2D eigenvalue weighted by Gasteiger charge is 2.45. The van der Waals surface area contributed by atoms with Gasteiger partial charge in [0.05, 0.1) is 45.5 Å². The summed E-state index contributed by atoms with van der Waals surface area (Å²) in [6.45, 7) is 17.8. The first-order valence-electron chi connectivity index (χ1n) is 17.6. The molecule has 0 atom stereocenters. The van der Waals surface area contributed by atoms with Crippen LogP contribution in [0.25, 0.3) is 0 Å². The Morgan fingerprint density at radius 1 is 0.240 bits per heavy atom. The molecule has 50 heavy (non-hydrogen) atoms. The Bertz CT molecular complexity index is 2020. The Hall–Kier alpha value is -5.74. The van der Waals surface area contributed by atoms with Gasteiger partial charge in [0.25, 0.3) is 0 Å². The fourth-order valence-electron chi connectivity index (χ4n) is 7.58. The van der Waals surface area contributed by atoms with Gasteiger partial charge >= 0.3 is 0 Å². The fraction of sp³-hybridized carbons (Fsp3) is 0.174. The molecule has 0 unspecified atom stereocenters. The first-order valence-corrected chi connectivity index (χ1v) is 17.6. The van der Waals surface area contributed by atoms with Crippen molar-refractivity contribution in [3.05, 3.63) is 177 Å². The van der Waals surface area contributed by atoms with E-state index in [1.807, 2.05) is 0 Å². The summed E-state index contributed by atoms with van der Waals surface area (Å²) in [6.07, 6.45) is 0. The van der Waals surface area contributed by atoms with Crippen LogP contribution in [-0.4, -0.2) is 0 Å². The second kappa shape index (κ2) is 12.0. The van der Waals surface area contributed by atoms with Crippen LogP contribution in [0.2, 0.25) is 0 Å². The molecular formula is C46H44N4. The SMILES string of the molecule is Cc1cc2c(cc1C)N(c1ccccc1C)C(=C1N(c3ccccc3C)c3cc(C)c(C)cc3N1c1ccccc1C)N2c1ccccc1C. The summed E-state index contributed by atoms with van der Waals surface area (Å²) in [4.78, 5) is 10.1. The average molecular weight is 653 g/mol. The minimum Gasteiger partial charge on any atom is -0.291 e. The zero-order valence-corrected chi connectivity index (χ0v) is 30.3. The molecule has 0 fully saturated rings. The summed E-state index contributed by atoms with van der Waals surface area (Å²) >= 11 is 0. The maximum Gasteiger partial charge on any atom is 0.166 e. The molecule has 0 saturated carbocycles. The molecule has 0 amide bonds. The van der Waals surface area contributed by atoms with Gasteiger partial charge in [0.2, 0.25) is 0 Å². The molecule has 0 aliphatic carbocycles. The van der Waals surface area contributed by atoms with Gasteiger partial charge in [-0.15, -0.1) is 0 Å². The Labute approximate surface area is 297 Å². The van der Waals surface area contributed by atoms with Crippen LogP contribution in [0.3, 0.4) is 0 Å². The van der Waals surface area contributed by atoms with Crippen molar-refractivity contribution in [2.45, 2.75) is 55.4 Å². The number of hydrogen-bond acceptors (Lipinski definition) is 4. The molecule has 248 valence electrons. The second-order valence-electron chi connectivity index (χ2n) is 14.0. The number of rotatable bonds is 4. The molecule has 8 rings (SSSR count). The molecule has 0 bridgehead atoms. The summed E-state index contributed by atoms with van der Waals surface area (Å²) in [5, 5.41) is 0. The molecule has 6 aromatic carbocycles. The molecule has 2 aliphatic heterocycles. The first-order chi connectivity index (χ1) is 24.2. The largest absolute Gasteiger partial charge is 0.291 e. The monoisotopic (exact) mass is 652 g/mol. The van der Waals surface area contributed by atoms with Gasteiger partial charge in [0.1, 0.15) is 0 Å². The molecule has 0 radical (unpaired) electrons. The summed E-state index contributed by atoms with van der Waals surface area (Å²) in [5.74, 6) is 2.18. The van der Waals surface area contributed by atoms with Gasteiger partial charge in [-0.25, -0.2) is 0 Å². The van der Waals surface area contributed by atoms with Crippen LogP contribution in [-0.2, 0) is 0 Å². The van der Waals surface area contributed by atoms with Gasteiger partial charge < -0.3 is 0 Å². The number of aryl methyl sites for hydroxylation is 8. The minimum absolute atomic E-state index is 1.09. The summed E-state index contributed by atoms with van der Waals surface area (Å²) in [7, 11) is 0. The summed E-state index contributed by atoms with van der Waals surface area (Å²) < 4.78 is 0. The first kappa shape index (κ1) is 31.5. The van der Waals surface area contributed by atoms with Crippen molar-refractivity contribution in [1.82, 2.24) is 0 Å². The molecule has 0 spiro atoms. The van der Waals surface area contributed by atoms with Gasteiger partial charge in [0.15, 0.2) is 11.6 Å². The molecule has 0 saturated heterocycles. The lowest BCUT2D eigenvalue weighted by atomic mass is 10.1. The van der Waals surface area contributed by atoms with E-state index >= 15 is 0 Å². The Morgan fingerprint density at radius 2 is 0.440 bits per heavy atom. The molecular weight excluding hydrogens is 609 g/mol. The predicted octanol–water partition coefficient (Wildman–Crippen LogP) is 12.6. The Kier molecular flexibility index (Phi) is 7.56.